The molecule has 0 saturated carbocycles. The predicted molar refractivity (Wildman–Crippen MR) is 122 cm³/mol. The number of aryl methyl sites for hydroxylation is 1. The SMILES string of the molecule is CC.CC1(C(F)F)CCCC(N)=N1.Cc1cc(Br)cnc1C(=O)Nc1ccc(F)cc1. The van der Waals surface area contributed by atoms with E-state index in [0.717, 1.165) is 16.5 Å². The molecule has 5 nitrogen and oxygen atoms in total. The van der Waals surface area contributed by atoms with Crippen LogP contribution in [0.15, 0.2) is 46.0 Å². The summed E-state index contributed by atoms with van der Waals surface area (Å²) in [5.74, 6) is -0.295. The van der Waals surface area contributed by atoms with Crippen LogP contribution in [0.3, 0.4) is 0 Å². The first-order valence-electron chi connectivity index (χ1n) is 9.92. The van der Waals surface area contributed by atoms with Crippen molar-refractivity contribution in [3.05, 3.63) is 58.1 Å². The molecule has 1 aliphatic heterocycles. The van der Waals surface area contributed by atoms with E-state index in [4.69, 9.17) is 5.73 Å². The summed E-state index contributed by atoms with van der Waals surface area (Å²) < 4.78 is 38.2. The highest BCUT2D eigenvalue weighted by atomic mass is 79.9. The molecular formula is C22H28BrF3N4O. The maximum absolute atomic E-state index is 12.7. The minimum absolute atomic E-state index is 0.313. The zero-order chi connectivity index (χ0) is 23.6. The number of nitrogens with two attached hydrogens (primary N) is 1. The molecule has 3 rings (SSSR count). The third kappa shape index (κ3) is 8.32. The lowest BCUT2D eigenvalue weighted by atomic mass is 9.93. The van der Waals surface area contributed by atoms with E-state index in [1.165, 1.54) is 31.2 Å². The Labute approximate surface area is 189 Å². The van der Waals surface area contributed by atoms with Gasteiger partial charge in [0.15, 0.2) is 0 Å². The summed E-state index contributed by atoms with van der Waals surface area (Å²) in [6.07, 6.45) is 0.970. The summed E-state index contributed by atoms with van der Waals surface area (Å²) >= 11 is 3.28. The number of carbonyl (C=O) groups excluding carboxylic acids is 1. The molecular weight excluding hydrogens is 473 g/mol. The standard InChI is InChI=1S/C13H10BrFN2O.C7H12F2N2.C2H6/c1-8-6-9(14)7-16-12(8)13(18)17-11-4-2-10(15)3-5-11;1-7(6(8)9)4-2-3-5(10)11-7;1-2/h2-7H,1H3,(H,17,18);6H,2-4H2,1H3,(H2,10,11);1-2H3. The maximum Gasteiger partial charge on any atom is 0.274 e. The van der Waals surface area contributed by atoms with E-state index < -0.39 is 12.0 Å². The number of aliphatic imine (C=N–C) groups is 1. The lowest BCUT2D eigenvalue weighted by Crippen LogP contribution is -2.37. The Morgan fingerprint density at radius 1 is 1.26 bits per heavy atom. The molecule has 0 fully saturated rings. The number of hydrogen-bond acceptors (Lipinski definition) is 4. The second-order valence-electron chi connectivity index (χ2n) is 6.89. The van der Waals surface area contributed by atoms with E-state index in [9.17, 15) is 18.0 Å². The second kappa shape index (κ2) is 12.4. The number of amides is 1. The van der Waals surface area contributed by atoms with Crippen molar-refractivity contribution in [3.8, 4) is 0 Å². The third-order valence-electron chi connectivity index (χ3n) is 4.35. The number of halogens is 4. The lowest BCUT2D eigenvalue weighted by Gasteiger charge is -2.28. The number of aromatic nitrogens is 1. The van der Waals surface area contributed by atoms with E-state index >= 15 is 0 Å². The van der Waals surface area contributed by atoms with Gasteiger partial charge < -0.3 is 11.1 Å². The van der Waals surface area contributed by atoms with Crippen molar-refractivity contribution in [3.63, 3.8) is 0 Å². The number of benzene rings is 1. The van der Waals surface area contributed by atoms with Gasteiger partial charge in [0.1, 0.15) is 17.1 Å². The van der Waals surface area contributed by atoms with Gasteiger partial charge in [0.05, 0.1) is 5.84 Å². The number of amidine groups is 1. The number of anilines is 1. The molecule has 3 N–H and O–H groups in total. The summed E-state index contributed by atoms with van der Waals surface area (Å²) in [6, 6.07) is 7.39. The molecule has 0 spiro atoms. The molecule has 9 heteroatoms. The molecule has 1 aromatic heterocycles. The number of nitrogens with zero attached hydrogens (tertiary/aromatic N) is 2. The van der Waals surface area contributed by atoms with Gasteiger partial charge in [-0.3, -0.25) is 9.79 Å². The van der Waals surface area contributed by atoms with Gasteiger partial charge in [0, 0.05) is 22.8 Å². The van der Waals surface area contributed by atoms with Crippen LogP contribution in [0.5, 0.6) is 0 Å². The molecule has 1 unspecified atom stereocenters. The Balaban J connectivity index is 0.000000317. The van der Waals surface area contributed by atoms with Gasteiger partial charge in [-0.2, -0.15) is 0 Å². The van der Waals surface area contributed by atoms with Crippen molar-refractivity contribution in [2.24, 2.45) is 10.7 Å². The summed E-state index contributed by atoms with van der Waals surface area (Å²) in [5, 5.41) is 2.66. The number of carbonyl (C=O) groups is 1. The van der Waals surface area contributed by atoms with Crippen molar-refractivity contribution in [2.75, 3.05) is 5.32 Å². The Hall–Kier alpha value is -2.42. The molecule has 170 valence electrons. The van der Waals surface area contributed by atoms with Gasteiger partial charge in [0.2, 0.25) is 0 Å². The average Bonchev–Trinajstić information content (AvgIpc) is 2.71. The predicted octanol–water partition coefficient (Wildman–Crippen LogP) is 6.12. The van der Waals surface area contributed by atoms with Gasteiger partial charge in [-0.25, -0.2) is 18.2 Å². The van der Waals surface area contributed by atoms with Crippen LogP contribution in [0.25, 0.3) is 0 Å². The van der Waals surface area contributed by atoms with Crippen molar-refractivity contribution < 1.29 is 18.0 Å². The Morgan fingerprint density at radius 2 is 1.87 bits per heavy atom. The highest BCUT2D eigenvalue weighted by Gasteiger charge is 2.36. The van der Waals surface area contributed by atoms with Crippen LogP contribution in [0.4, 0.5) is 18.9 Å². The first-order chi connectivity index (χ1) is 14.6. The van der Waals surface area contributed by atoms with Crippen molar-refractivity contribution in [1.82, 2.24) is 4.98 Å². The lowest BCUT2D eigenvalue weighted by molar-refractivity contribution is 0.0569. The van der Waals surface area contributed by atoms with Crippen molar-refractivity contribution in [2.45, 2.75) is 58.9 Å². The van der Waals surface area contributed by atoms with Gasteiger partial charge in [-0.15, -0.1) is 0 Å². The van der Waals surface area contributed by atoms with Crippen LogP contribution in [-0.4, -0.2) is 28.7 Å². The molecule has 1 amide bonds. The zero-order valence-electron chi connectivity index (χ0n) is 18.1. The normalized spacial score (nSPS) is 17.5. The molecule has 31 heavy (non-hydrogen) atoms. The quantitative estimate of drug-likeness (QED) is 0.532. The summed E-state index contributed by atoms with van der Waals surface area (Å²) in [7, 11) is 0. The number of rotatable bonds is 3. The van der Waals surface area contributed by atoms with Gasteiger partial charge in [0.25, 0.3) is 12.3 Å². The molecule has 0 radical (unpaired) electrons. The molecule has 0 bridgehead atoms. The summed E-state index contributed by atoms with van der Waals surface area (Å²) in [4.78, 5) is 19.8. The second-order valence-corrected chi connectivity index (χ2v) is 7.81. The molecule has 2 heterocycles. The van der Waals surface area contributed by atoms with Crippen LogP contribution in [0.2, 0.25) is 0 Å². The first-order valence-corrected chi connectivity index (χ1v) is 10.7. The monoisotopic (exact) mass is 500 g/mol. The highest BCUT2D eigenvalue weighted by Crippen LogP contribution is 2.29. The molecule has 0 aliphatic carbocycles. The smallest absolute Gasteiger partial charge is 0.274 e. The number of pyridine rings is 1. The summed E-state index contributed by atoms with van der Waals surface area (Å²) in [6.45, 7) is 7.25. The molecule has 1 aliphatic rings. The van der Waals surface area contributed by atoms with Gasteiger partial charge in [-0.1, -0.05) is 13.8 Å². The van der Waals surface area contributed by atoms with Crippen LogP contribution in [0.1, 0.15) is 56.1 Å². The minimum atomic E-state index is -2.40. The van der Waals surface area contributed by atoms with E-state index in [1.807, 2.05) is 19.9 Å². The molecule has 1 atom stereocenters. The third-order valence-corrected chi connectivity index (χ3v) is 4.78. The Bertz CT molecular complexity index is 891. The minimum Gasteiger partial charge on any atom is -0.387 e. The maximum atomic E-state index is 12.7. The molecule has 0 saturated heterocycles. The fourth-order valence-electron chi connectivity index (χ4n) is 2.73. The fraction of sp³-hybridized carbons (Fsp3) is 0.409. The Morgan fingerprint density at radius 3 is 2.35 bits per heavy atom. The van der Waals surface area contributed by atoms with E-state index in [-0.39, 0.29) is 11.7 Å². The largest absolute Gasteiger partial charge is 0.387 e. The number of hydrogen-bond donors (Lipinski definition) is 2. The van der Waals surface area contributed by atoms with Crippen LogP contribution in [-0.2, 0) is 0 Å². The fourth-order valence-corrected chi connectivity index (χ4v) is 3.17. The number of alkyl halides is 2. The zero-order valence-corrected chi connectivity index (χ0v) is 19.6. The van der Waals surface area contributed by atoms with Crippen LogP contribution < -0.4 is 11.1 Å². The van der Waals surface area contributed by atoms with Gasteiger partial charge in [-0.05, 0) is 78.5 Å². The highest BCUT2D eigenvalue weighted by molar-refractivity contribution is 9.10. The van der Waals surface area contributed by atoms with E-state index in [0.29, 0.717) is 30.1 Å². The molecule has 2 aromatic rings. The average molecular weight is 501 g/mol. The molecule has 1 aromatic carbocycles. The summed E-state index contributed by atoms with van der Waals surface area (Å²) in [5.41, 5.74) is 5.79. The van der Waals surface area contributed by atoms with Crippen molar-refractivity contribution in [1.29, 1.82) is 0 Å². The van der Waals surface area contributed by atoms with E-state index in [1.54, 1.807) is 13.1 Å². The van der Waals surface area contributed by atoms with Crippen molar-refractivity contribution >= 4 is 33.4 Å². The number of nitrogens with one attached hydrogen (secondary N) is 1. The van der Waals surface area contributed by atoms with E-state index in [2.05, 4.69) is 31.2 Å². The topological polar surface area (TPSA) is 80.4 Å². The Kier molecular flexibility index (Phi) is 10.7. The van der Waals surface area contributed by atoms with Crippen LogP contribution >= 0.6 is 15.9 Å². The first kappa shape index (κ1) is 26.6. The van der Waals surface area contributed by atoms with Crippen LogP contribution in [0, 0.1) is 12.7 Å². The van der Waals surface area contributed by atoms with Gasteiger partial charge >= 0.3 is 0 Å².